The first-order chi connectivity index (χ1) is 6.93. The molecule has 0 amide bonds. The molecule has 0 aliphatic carbocycles. The van der Waals surface area contributed by atoms with Gasteiger partial charge in [-0.25, -0.2) is 4.98 Å². The van der Waals surface area contributed by atoms with Gasteiger partial charge in [0.1, 0.15) is 9.06 Å². The van der Waals surface area contributed by atoms with Crippen molar-refractivity contribution < 1.29 is 0 Å². The Labute approximate surface area is 105 Å². The molecule has 1 atom stereocenters. The molecule has 0 N–H and O–H groups in total. The van der Waals surface area contributed by atoms with Gasteiger partial charge in [0.15, 0.2) is 0 Å². The number of nitrogens with zero attached hydrogens (tertiary/aromatic N) is 2. The fourth-order valence-corrected chi connectivity index (χ4v) is 2.92. The number of fused-ring (bicyclic) bond motifs is 1. The number of hydrogen-bond acceptors (Lipinski definition) is 2. The summed E-state index contributed by atoms with van der Waals surface area (Å²) in [4.78, 5) is 16.3. The summed E-state index contributed by atoms with van der Waals surface area (Å²) in [6, 6.07) is 0.225. The Kier molecular flexibility index (Phi) is 2.79. The number of hydrogen-bond donors (Lipinski definition) is 0. The molecule has 0 fully saturated rings. The van der Waals surface area contributed by atoms with Gasteiger partial charge in [0, 0.05) is 17.8 Å². The van der Waals surface area contributed by atoms with Crippen molar-refractivity contribution in [1.29, 1.82) is 0 Å². The summed E-state index contributed by atoms with van der Waals surface area (Å²) < 4.78 is 1.43. The van der Waals surface area contributed by atoms with Gasteiger partial charge in [0.2, 0.25) is 0 Å². The lowest BCUT2D eigenvalue weighted by Gasteiger charge is -2.32. The highest BCUT2D eigenvalue weighted by molar-refractivity contribution is 9.24. The number of aryl methyl sites for hydroxylation is 1. The predicted octanol–water partition coefficient (Wildman–Crippen LogP) is 2.85. The van der Waals surface area contributed by atoms with Gasteiger partial charge in [0.05, 0.1) is 0 Å². The van der Waals surface area contributed by atoms with E-state index >= 15 is 0 Å². The summed E-state index contributed by atoms with van der Waals surface area (Å²) >= 11 is 7.14. The second-order valence-corrected chi connectivity index (χ2v) is 7.80. The number of rotatable bonds is 0. The summed E-state index contributed by atoms with van der Waals surface area (Å²) in [5, 5.41) is 0. The Morgan fingerprint density at radius 2 is 2.27 bits per heavy atom. The minimum absolute atomic E-state index is 0.0653. The molecule has 0 saturated heterocycles. The molecule has 1 unspecified atom stereocenters. The molecule has 82 valence electrons. The molecular formula is C10H12Br2N2O. The van der Waals surface area contributed by atoms with Gasteiger partial charge in [-0.15, -0.1) is 0 Å². The molecule has 0 saturated carbocycles. The van der Waals surface area contributed by atoms with Crippen LogP contribution in [0, 0.1) is 6.92 Å². The van der Waals surface area contributed by atoms with Crippen LogP contribution in [0.2, 0.25) is 0 Å². The first-order valence-electron chi connectivity index (χ1n) is 4.90. The number of halogens is 2. The smallest absolute Gasteiger partial charge is 0.256 e. The van der Waals surface area contributed by atoms with Crippen LogP contribution in [0.3, 0.4) is 0 Å². The van der Waals surface area contributed by atoms with Gasteiger partial charge in [0.25, 0.3) is 5.56 Å². The van der Waals surface area contributed by atoms with E-state index in [4.69, 9.17) is 0 Å². The lowest BCUT2D eigenvalue weighted by molar-refractivity contribution is 0.391. The average molecular weight is 336 g/mol. The van der Waals surface area contributed by atoms with Crippen molar-refractivity contribution in [3.63, 3.8) is 0 Å². The molecule has 1 aliphatic heterocycles. The van der Waals surface area contributed by atoms with E-state index in [0.29, 0.717) is 5.56 Å². The minimum atomic E-state index is -0.348. The molecule has 0 radical (unpaired) electrons. The topological polar surface area (TPSA) is 34.9 Å². The first-order valence-corrected chi connectivity index (χ1v) is 6.48. The third-order valence-corrected chi connectivity index (χ3v) is 4.31. The summed E-state index contributed by atoms with van der Waals surface area (Å²) in [6.07, 6.45) is 3.54. The summed E-state index contributed by atoms with van der Waals surface area (Å²) in [5.74, 6) is 0.775. The van der Waals surface area contributed by atoms with Crippen molar-refractivity contribution >= 4 is 31.9 Å². The van der Waals surface area contributed by atoms with Gasteiger partial charge in [-0.1, -0.05) is 31.9 Å². The third-order valence-electron chi connectivity index (χ3n) is 2.81. The molecule has 0 bridgehead atoms. The van der Waals surface area contributed by atoms with Crippen LogP contribution >= 0.6 is 31.9 Å². The van der Waals surface area contributed by atoms with Crippen LogP contribution in [0.15, 0.2) is 11.0 Å². The van der Waals surface area contributed by atoms with Gasteiger partial charge in [-0.2, -0.15) is 0 Å². The highest BCUT2D eigenvalue weighted by atomic mass is 79.9. The number of aromatic nitrogens is 2. The molecule has 3 nitrogen and oxygen atoms in total. The van der Waals surface area contributed by atoms with Crippen molar-refractivity contribution in [2.75, 3.05) is 0 Å². The SMILES string of the molecule is Cc1cnc2n(c1=O)C(C)CCC2(Br)Br. The fourth-order valence-electron chi connectivity index (χ4n) is 1.87. The summed E-state index contributed by atoms with van der Waals surface area (Å²) in [5.41, 5.74) is 0.763. The lowest BCUT2D eigenvalue weighted by atomic mass is 10.0. The zero-order valence-electron chi connectivity index (χ0n) is 8.63. The largest absolute Gasteiger partial charge is 0.292 e. The van der Waals surface area contributed by atoms with Crippen molar-refractivity contribution in [3.8, 4) is 0 Å². The van der Waals surface area contributed by atoms with E-state index in [1.807, 2.05) is 0 Å². The molecule has 2 rings (SSSR count). The maximum Gasteiger partial charge on any atom is 0.256 e. The van der Waals surface area contributed by atoms with E-state index in [-0.39, 0.29) is 14.8 Å². The van der Waals surface area contributed by atoms with Crippen LogP contribution in [0.5, 0.6) is 0 Å². The normalized spacial score (nSPS) is 23.6. The van der Waals surface area contributed by atoms with Crippen LogP contribution in [0.25, 0.3) is 0 Å². The van der Waals surface area contributed by atoms with E-state index < -0.39 is 0 Å². The van der Waals surface area contributed by atoms with E-state index in [2.05, 4.69) is 43.8 Å². The van der Waals surface area contributed by atoms with Crippen LogP contribution < -0.4 is 5.56 Å². The van der Waals surface area contributed by atoms with Crippen molar-refractivity contribution in [3.05, 3.63) is 27.9 Å². The Hall–Kier alpha value is -0.160. The monoisotopic (exact) mass is 334 g/mol. The predicted molar refractivity (Wildman–Crippen MR) is 66.7 cm³/mol. The van der Waals surface area contributed by atoms with Crippen LogP contribution in [-0.4, -0.2) is 9.55 Å². The second-order valence-electron chi connectivity index (χ2n) is 4.03. The first kappa shape index (κ1) is 11.3. The standard InChI is InChI=1S/C10H12Br2N2O/c1-6-5-13-9-10(11,12)4-3-7(2)14(9)8(6)15/h5,7H,3-4H2,1-2H3. The average Bonchev–Trinajstić information content (AvgIpc) is 2.17. The Balaban J connectivity index is 2.73. The summed E-state index contributed by atoms with van der Waals surface area (Å²) in [6.45, 7) is 3.86. The zero-order chi connectivity index (χ0) is 11.2. The molecular weight excluding hydrogens is 324 g/mol. The third kappa shape index (κ3) is 1.80. The van der Waals surface area contributed by atoms with E-state index in [1.54, 1.807) is 17.7 Å². The van der Waals surface area contributed by atoms with Crippen LogP contribution in [0.4, 0.5) is 0 Å². The molecule has 5 heteroatoms. The fraction of sp³-hybridized carbons (Fsp3) is 0.600. The minimum Gasteiger partial charge on any atom is -0.292 e. The number of alkyl halides is 2. The molecule has 1 aromatic heterocycles. The molecule has 0 spiro atoms. The van der Waals surface area contributed by atoms with Gasteiger partial charge >= 0.3 is 0 Å². The molecule has 0 aromatic carbocycles. The van der Waals surface area contributed by atoms with Crippen molar-refractivity contribution in [2.45, 2.75) is 36.0 Å². The maximum atomic E-state index is 12.0. The Morgan fingerprint density at radius 1 is 1.60 bits per heavy atom. The van der Waals surface area contributed by atoms with Crippen molar-refractivity contribution in [1.82, 2.24) is 9.55 Å². The summed E-state index contributed by atoms with van der Waals surface area (Å²) in [7, 11) is 0. The highest BCUT2D eigenvalue weighted by Crippen LogP contribution is 2.46. The molecule has 1 aliphatic rings. The Bertz CT molecular complexity index is 453. The molecule has 15 heavy (non-hydrogen) atoms. The van der Waals surface area contributed by atoms with E-state index in [1.165, 1.54) is 0 Å². The molecule has 1 aromatic rings. The van der Waals surface area contributed by atoms with E-state index in [0.717, 1.165) is 18.7 Å². The highest BCUT2D eigenvalue weighted by Gasteiger charge is 2.36. The van der Waals surface area contributed by atoms with Gasteiger partial charge < -0.3 is 0 Å². The van der Waals surface area contributed by atoms with Crippen LogP contribution in [-0.2, 0) is 3.23 Å². The molecule has 2 heterocycles. The van der Waals surface area contributed by atoms with Gasteiger partial charge in [-0.05, 0) is 26.7 Å². The van der Waals surface area contributed by atoms with Gasteiger partial charge in [-0.3, -0.25) is 9.36 Å². The van der Waals surface area contributed by atoms with Crippen molar-refractivity contribution in [2.24, 2.45) is 0 Å². The van der Waals surface area contributed by atoms with Crippen LogP contribution in [0.1, 0.15) is 37.2 Å². The Morgan fingerprint density at radius 3 is 2.93 bits per heavy atom. The van der Waals surface area contributed by atoms with E-state index in [9.17, 15) is 4.79 Å². The quantitative estimate of drug-likeness (QED) is 0.683. The second kappa shape index (κ2) is 3.70. The lowest BCUT2D eigenvalue weighted by Crippen LogP contribution is -2.37. The zero-order valence-corrected chi connectivity index (χ0v) is 11.8. The maximum absolute atomic E-state index is 12.0.